The maximum Gasteiger partial charge on any atom is 0.00249 e. The second kappa shape index (κ2) is 5.31. The van der Waals surface area contributed by atoms with E-state index < -0.39 is 0 Å². The molecule has 2 unspecified atom stereocenters. The summed E-state index contributed by atoms with van der Waals surface area (Å²) in [5.74, 6) is 2.82. The minimum absolute atomic E-state index is 0.878. The molecule has 1 aliphatic carbocycles. The summed E-state index contributed by atoms with van der Waals surface area (Å²) in [5, 5.41) is 3.51. The fourth-order valence-corrected chi connectivity index (χ4v) is 2.68. The van der Waals surface area contributed by atoms with Crippen molar-refractivity contribution in [1.82, 2.24) is 10.2 Å². The maximum atomic E-state index is 3.51. The topological polar surface area (TPSA) is 15.3 Å². The first-order valence-electron chi connectivity index (χ1n) is 6.72. The zero-order valence-electron chi connectivity index (χ0n) is 10.3. The lowest BCUT2D eigenvalue weighted by molar-refractivity contribution is 0.211. The zero-order valence-corrected chi connectivity index (χ0v) is 10.3. The molecule has 15 heavy (non-hydrogen) atoms. The van der Waals surface area contributed by atoms with E-state index in [1.165, 1.54) is 52.0 Å². The predicted octanol–water partition coefficient (Wildman–Crippen LogP) is 1.96. The van der Waals surface area contributed by atoms with E-state index in [-0.39, 0.29) is 0 Å². The van der Waals surface area contributed by atoms with Crippen LogP contribution in [0.2, 0.25) is 0 Å². The minimum Gasteiger partial charge on any atom is -0.316 e. The molecular formula is C13H26N2. The Balaban J connectivity index is 1.76. The third-order valence-corrected chi connectivity index (χ3v) is 3.92. The van der Waals surface area contributed by atoms with Crippen LogP contribution in [-0.4, -0.2) is 37.6 Å². The molecule has 0 spiro atoms. The van der Waals surface area contributed by atoms with Gasteiger partial charge < -0.3 is 10.2 Å². The maximum absolute atomic E-state index is 3.51. The molecule has 2 fully saturated rings. The van der Waals surface area contributed by atoms with E-state index in [9.17, 15) is 0 Å². The summed E-state index contributed by atoms with van der Waals surface area (Å²) in [7, 11) is 0. The monoisotopic (exact) mass is 210 g/mol. The van der Waals surface area contributed by atoms with Crippen LogP contribution >= 0.6 is 0 Å². The van der Waals surface area contributed by atoms with Gasteiger partial charge >= 0.3 is 0 Å². The molecule has 1 aliphatic heterocycles. The Morgan fingerprint density at radius 2 is 2.00 bits per heavy atom. The van der Waals surface area contributed by atoms with Gasteiger partial charge in [-0.25, -0.2) is 0 Å². The molecule has 0 aromatic heterocycles. The highest BCUT2D eigenvalue weighted by Gasteiger charge is 2.28. The third kappa shape index (κ3) is 3.46. The van der Waals surface area contributed by atoms with Crippen molar-refractivity contribution in [3.63, 3.8) is 0 Å². The van der Waals surface area contributed by atoms with E-state index in [0.717, 1.165) is 17.8 Å². The smallest absolute Gasteiger partial charge is 0.00249 e. The molecule has 1 saturated carbocycles. The third-order valence-electron chi connectivity index (χ3n) is 3.92. The zero-order chi connectivity index (χ0) is 10.7. The molecule has 0 aromatic carbocycles. The van der Waals surface area contributed by atoms with Gasteiger partial charge in [-0.05, 0) is 56.7 Å². The molecule has 2 nitrogen and oxygen atoms in total. The van der Waals surface area contributed by atoms with Crippen LogP contribution in [0.4, 0.5) is 0 Å². The second-order valence-electron chi connectivity index (χ2n) is 5.60. The van der Waals surface area contributed by atoms with Crippen molar-refractivity contribution in [1.29, 1.82) is 0 Å². The van der Waals surface area contributed by atoms with E-state index >= 15 is 0 Å². The Labute approximate surface area is 94.4 Å². The van der Waals surface area contributed by atoms with Gasteiger partial charge in [0.05, 0.1) is 0 Å². The fraction of sp³-hybridized carbons (Fsp3) is 1.00. The van der Waals surface area contributed by atoms with Gasteiger partial charge in [-0.3, -0.25) is 0 Å². The Hall–Kier alpha value is -0.0800. The van der Waals surface area contributed by atoms with Crippen molar-refractivity contribution in [2.24, 2.45) is 17.8 Å². The second-order valence-corrected chi connectivity index (χ2v) is 5.60. The SMILES string of the molecule is CCCN(CC1CC1)CC1CNCC1C. The number of hydrogen-bond acceptors (Lipinski definition) is 2. The first-order valence-corrected chi connectivity index (χ1v) is 6.72. The van der Waals surface area contributed by atoms with Crippen LogP contribution in [0.5, 0.6) is 0 Å². The van der Waals surface area contributed by atoms with Crippen LogP contribution in [0.1, 0.15) is 33.1 Å². The van der Waals surface area contributed by atoms with Gasteiger partial charge in [-0.15, -0.1) is 0 Å². The minimum atomic E-state index is 0.878. The molecule has 0 bridgehead atoms. The van der Waals surface area contributed by atoms with Gasteiger partial charge in [-0.2, -0.15) is 0 Å². The van der Waals surface area contributed by atoms with Crippen molar-refractivity contribution in [3.8, 4) is 0 Å². The highest BCUT2D eigenvalue weighted by molar-refractivity contribution is 4.83. The molecule has 2 atom stereocenters. The van der Waals surface area contributed by atoms with Crippen molar-refractivity contribution >= 4 is 0 Å². The van der Waals surface area contributed by atoms with Crippen molar-refractivity contribution in [3.05, 3.63) is 0 Å². The molecular weight excluding hydrogens is 184 g/mol. The molecule has 0 radical (unpaired) electrons. The Morgan fingerprint density at radius 3 is 2.53 bits per heavy atom. The van der Waals surface area contributed by atoms with E-state index in [0.29, 0.717) is 0 Å². The van der Waals surface area contributed by atoms with E-state index in [2.05, 4.69) is 24.1 Å². The van der Waals surface area contributed by atoms with Crippen LogP contribution in [0.3, 0.4) is 0 Å². The summed E-state index contributed by atoms with van der Waals surface area (Å²) in [4.78, 5) is 2.71. The highest BCUT2D eigenvalue weighted by atomic mass is 15.1. The Bertz CT molecular complexity index is 189. The summed E-state index contributed by atoms with van der Waals surface area (Å²) in [6, 6.07) is 0. The van der Waals surface area contributed by atoms with E-state index in [1.807, 2.05) is 0 Å². The normalized spacial score (nSPS) is 31.4. The van der Waals surface area contributed by atoms with Crippen molar-refractivity contribution in [2.45, 2.75) is 33.1 Å². The number of nitrogens with zero attached hydrogens (tertiary/aromatic N) is 1. The average Bonchev–Trinajstić information content (AvgIpc) is 2.92. The Kier molecular flexibility index (Phi) is 4.04. The lowest BCUT2D eigenvalue weighted by Gasteiger charge is -2.26. The van der Waals surface area contributed by atoms with Crippen molar-refractivity contribution < 1.29 is 0 Å². The van der Waals surface area contributed by atoms with Gasteiger partial charge in [-0.1, -0.05) is 13.8 Å². The van der Waals surface area contributed by atoms with Crippen molar-refractivity contribution in [2.75, 3.05) is 32.7 Å². The molecule has 2 aliphatic rings. The van der Waals surface area contributed by atoms with E-state index in [4.69, 9.17) is 0 Å². The lowest BCUT2D eigenvalue weighted by atomic mass is 9.97. The molecule has 1 N–H and O–H groups in total. The number of rotatable bonds is 6. The molecule has 0 amide bonds. The quantitative estimate of drug-likeness (QED) is 0.721. The standard InChI is InChI=1S/C13H26N2/c1-3-6-15(9-12-4-5-12)10-13-8-14-7-11(13)2/h11-14H,3-10H2,1-2H3. The van der Waals surface area contributed by atoms with Gasteiger partial charge in [0, 0.05) is 13.1 Å². The van der Waals surface area contributed by atoms with Crippen LogP contribution < -0.4 is 5.32 Å². The van der Waals surface area contributed by atoms with Gasteiger partial charge in [0.25, 0.3) is 0 Å². The fourth-order valence-electron chi connectivity index (χ4n) is 2.68. The first kappa shape index (κ1) is 11.4. The summed E-state index contributed by atoms with van der Waals surface area (Å²) < 4.78 is 0. The largest absolute Gasteiger partial charge is 0.316 e. The molecule has 1 saturated heterocycles. The first-order chi connectivity index (χ1) is 7.29. The molecule has 1 heterocycles. The summed E-state index contributed by atoms with van der Waals surface area (Å²) in [6.45, 7) is 11.2. The lowest BCUT2D eigenvalue weighted by Crippen LogP contribution is -2.34. The van der Waals surface area contributed by atoms with Crippen LogP contribution in [0, 0.1) is 17.8 Å². The van der Waals surface area contributed by atoms with Gasteiger partial charge in [0.2, 0.25) is 0 Å². The van der Waals surface area contributed by atoms with Crippen LogP contribution in [0.25, 0.3) is 0 Å². The molecule has 2 heteroatoms. The Morgan fingerprint density at radius 1 is 1.20 bits per heavy atom. The predicted molar refractivity (Wildman–Crippen MR) is 65.0 cm³/mol. The summed E-state index contributed by atoms with van der Waals surface area (Å²) in [6.07, 6.45) is 4.28. The van der Waals surface area contributed by atoms with Crippen LogP contribution in [-0.2, 0) is 0 Å². The number of hydrogen-bond donors (Lipinski definition) is 1. The molecule has 0 aromatic rings. The number of nitrogens with one attached hydrogen (secondary N) is 1. The van der Waals surface area contributed by atoms with E-state index in [1.54, 1.807) is 0 Å². The summed E-state index contributed by atoms with van der Waals surface area (Å²) >= 11 is 0. The highest BCUT2D eigenvalue weighted by Crippen LogP contribution is 2.30. The van der Waals surface area contributed by atoms with Gasteiger partial charge in [0.1, 0.15) is 0 Å². The average molecular weight is 210 g/mol. The van der Waals surface area contributed by atoms with Gasteiger partial charge in [0.15, 0.2) is 0 Å². The summed E-state index contributed by atoms with van der Waals surface area (Å²) in [5.41, 5.74) is 0. The molecule has 88 valence electrons. The molecule has 2 rings (SSSR count). The van der Waals surface area contributed by atoms with Crippen LogP contribution in [0.15, 0.2) is 0 Å².